The Hall–Kier alpha value is -1.57. The number of imidazole rings is 1. The zero-order valence-corrected chi connectivity index (χ0v) is 12.5. The van der Waals surface area contributed by atoms with Gasteiger partial charge in [-0.25, -0.2) is 14.4 Å². The molecule has 0 unspecified atom stereocenters. The van der Waals surface area contributed by atoms with Crippen LogP contribution in [0, 0.1) is 0 Å². The van der Waals surface area contributed by atoms with Gasteiger partial charge in [-0.05, 0) is 19.3 Å². The lowest BCUT2D eigenvalue weighted by atomic mass is 10.0. The molecule has 2 aromatic heterocycles. The van der Waals surface area contributed by atoms with E-state index >= 15 is 0 Å². The molecule has 2 heterocycles. The number of fused-ring (bicyclic) bond motifs is 1. The smallest absolute Gasteiger partial charge is 0.324 e. The molecule has 10 heteroatoms. The summed E-state index contributed by atoms with van der Waals surface area (Å²) in [7, 11) is -4.20. The summed E-state index contributed by atoms with van der Waals surface area (Å²) in [5.74, 6) is 0. The first-order chi connectivity index (χ1) is 10.3. The summed E-state index contributed by atoms with van der Waals surface area (Å²) in [5.41, 5.74) is -1.36. The minimum atomic E-state index is -4.20. The Morgan fingerprint density at radius 2 is 2.27 bits per heavy atom. The average Bonchev–Trinajstić information content (AvgIpc) is 3.01. The van der Waals surface area contributed by atoms with Crippen molar-refractivity contribution >= 4 is 18.8 Å². The fourth-order valence-electron chi connectivity index (χ4n) is 2.99. The molecule has 22 heavy (non-hydrogen) atoms. The maximum atomic E-state index is 14.7. The fraction of sp³-hybridized carbons (Fsp3) is 0.583. The Bertz CT molecular complexity index is 800. The molecule has 8 nitrogen and oxygen atoms in total. The van der Waals surface area contributed by atoms with Crippen molar-refractivity contribution in [3.63, 3.8) is 0 Å². The Balaban J connectivity index is 1.81. The minimum absolute atomic E-state index is 0.132. The van der Waals surface area contributed by atoms with E-state index in [4.69, 9.17) is 9.79 Å². The number of hydrogen-bond acceptors (Lipinski definition) is 4. The Kier molecular flexibility index (Phi) is 3.66. The van der Waals surface area contributed by atoms with Gasteiger partial charge in [0.05, 0.1) is 18.8 Å². The zero-order valence-electron chi connectivity index (χ0n) is 11.6. The minimum Gasteiger partial charge on any atom is -0.324 e. The highest BCUT2D eigenvalue weighted by atomic mass is 31.2. The summed E-state index contributed by atoms with van der Waals surface area (Å²) in [6, 6.07) is -0.221. The van der Waals surface area contributed by atoms with Crippen molar-refractivity contribution in [2.75, 3.05) is 6.16 Å². The molecule has 1 fully saturated rings. The van der Waals surface area contributed by atoms with E-state index in [0.29, 0.717) is 12.1 Å². The highest BCUT2D eigenvalue weighted by molar-refractivity contribution is 7.51. The summed E-state index contributed by atoms with van der Waals surface area (Å²) < 4.78 is 27.3. The summed E-state index contributed by atoms with van der Waals surface area (Å²) in [5, 5.41) is 0. The van der Waals surface area contributed by atoms with Gasteiger partial charge in [0.15, 0.2) is 11.2 Å². The highest BCUT2D eigenvalue weighted by Crippen LogP contribution is 2.47. The number of aromatic amines is 1. The molecule has 1 aliphatic carbocycles. The number of H-pyrrole nitrogens is 1. The van der Waals surface area contributed by atoms with Gasteiger partial charge in [0.1, 0.15) is 5.67 Å². The number of nitrogens with one attached hydrogen (secondary N) is 1. The predicted molar refractivity (Wildman–Crippen MR) is 76.4 cm³/mol. The van der Waals surface area contributed by atoms with Crippen LogP contribution in [0.2, 0.25) is 0 Å². The number of rotatable bonds is 4. The molecule has 2 atom stereocenters. The number of alkyl halides is 1. The molecule has 0 radical (unpaired) electrons. The van der Waals surface area contributed by atoms with Crippen LogP contribution in [0.3, 0.4) is 0 Å². The maximum absolute atomic E-state index is 14.7. The first-order valence-electron chi connectivity index (χ1n) is 6.91. The number of hydrogen-bond donors (Lipinski definition) is 3. The molecule has 0 spiro atoms. The van der Waals surface area contributed by atoms with E-state index in [-0.39, 0.29) is 36.4 Å². The standard InChI is InChI=1S/C12H16FN4O4P/c13-12(3-4-22(19,20)21)2-1-8(5-12)17-7-16-9-10(17)14-6-15-11(9)18/h6-8H,1-5H2,(H,14,15,18)(H2,19,20,21)/t8-,12+/m0/s1. The molecule has 3 rings (SSSR count). The van der Waals surface area contributed by atoms with Gasteiger partial charge in [0.25, 0.3) is 5.56 Å². The van der Waals surface area contributed by atoms with Crippen molar-refractivity contribution in [2.24, 2.45) is 0 Å². The molecule has 2 aromatic rings. The van der Waals surface area contributed by atoms with Gasteiger partial charge in [-0.2, -0.15) is 0 Å². The molecule has 0 aliphatic heterocycles. The third kappa shape index (κ3) is 2.97. The number of aromatic nitrogens is 4. The Morgan fingerprint density at radius 3 is 3.00 bits per heavy atom. The maximum Gasteiger partial charge on any atom is 0.325 e. The summed E-state index contributed by atoms with van der Waals surface area (Å²) in [6.45, 7) is 0. The van der Waals surface area contributed by atoms with Gasteiger partial charge in [0, 0.05) is 12.5 Å². The Morgan fingerprint density at radius 1 is 1.50 bits per heavy atom. The van der Waals surface area contributed by atoms with Crippen LogP contribution in [0.1, 0.15) is 31.7 Å². The van der Waals surface area contributed by atoms with Crippen molar-refractivity contribution in [1.29, 1.82) is 0 Å². The van der Waals surface area contributed by atoms with E-state index in [1.807, 2.05) is 0 Å². The highest BCUT2D eigenvalue weighted by Gasteiger charge is 2.41. The lowest BCUT2D eigenvalue weighted by Crippen LogP contribution is -2.21. The Labute approximate surface area is 124 Å². The summed E-state index contributed by atoms with van der Waals surface area (Å²) in [4.78, 5) is 39.9. The molecular formula is C12H16FN4O4P. The van der Waals surface area contributed by atoms with E-state index in [1.165, 1.54) is 12.7 Å². The second-order valence-electron chi connectivity index (χ2n) is 5.74. The van der Waals surface area contributed by atoms with Crippen LogP contribution in [-0.2, 0) is 4.57 Å². The van der Waals surface area contributed by atoms with Gasteiger partial charge in [-0.3, -0.25) is 9.36 Å². The van der Waals surface area contributed by atoms with E-state index in [1.54, 1.807) is 4.57 Å². The first-order valence-corrected chi connectivity index (χ1v) is 8.71. The van der Waals surface area contributed by atoms with Crippen LogP contribution in [0.15, 0.2) is 17.4 Å². The third-order valence-electron chi connectivity index (χ3n) is 4.14. The molecule has 0 saturated heterocycles. The lowest BCUT2D eigenvalue weighted by Gasteiger charge is -2.20. The second kappa shape index (κ2) is 5.26. The first kappa shape index (κ1) is 15.3. The number of halogens is 1. The third-order valence-corrected chi connectivity index (χ3v) is 4.94. The SMILES string of the molecule is O=c1[nH]cnc2c1ncn2[C@H]1CC[C@@](F)(CCP(=O)(O)O)C1. The van der Waals surface area contributed by atoms with Crippen LogP contribution in [0.4, 0.5) is 4.39 Å². The van der Waals surface area contributed by atoms with Crippen molar-refractivity contribution in [1.82, 2.24) is 19.5 Å². The topological polar surface area (TPSA) is 121 Å². The monoisotopic (exact) mass is 330 g/mol. The van der Waals surface area contributed by atoms with Crippen molar-refractivity contribution < 1.29 is 18.7 Å². The van der Waals surface area contributed by atoms with E-state index in [9.17, 15) is 13.8 Å². The van der Waals surface area contributed by atoms with Crippen molar-refractivity contribution in [2.45, 2.75) is 37.4 Å². The van der Waals surface area contributed by atoms with Gasteiger partial charge in [-0.15, -0.1) is 0 Å². The molecule has 0 amide bonds. The van der Waals surface area contributed by atoms with E-state index in [0.717, 1.165) is 0 Å². The molecular weight excluding hydrogens is 314 g/mol. The zero-order chi connectivity index (χ0) is 16.0. The van der Waals surface area contributed by atoms with Crippen LogP contribution < -0.4 is 5.56 Å². The van der Waals surface area contributed by atoms with Crippen LogP contribution in [-0.4, -0.2) is 41.1 Å². The summed E-state index contributed by atoms with van der Waals surface area (Å²) in [6.07, 6.45) is 2.97. The van der Waals surface area contributed by atoms with Crippen LogP contribution in [0.25, 0.3) is 11.2 Å². The van der Waals surface area contributed by atoms with E-state index < -0.39 is 19.4 Å². The largest absolute Gasteiger partial charge is 0.325 e. The second-order valence-corrected chi connectivity index (χ2v) is 7.52. The van der Waals surface area contributed by atoms with Gasteiger partial charge in [-0.1, -0.05) is 0 Å². The molecule has 1 aliphatic rings. The number of nitrogens with zero attached hydrogens (tertiary/aromatic N) is 3. The lowest BCUT2D eigenvalue weighted by molar-refractivity contribution is 0.158. The normalized spacial score (nSPS) is 25.9. The average molecular weight is 330 g/mol. The van der Waals surface area contributed by atoms with Gasteiger partial charge in [0.2, 0.25) is 0 Å². The fourth-order valence-corrected chi connectivity index (χ4v) is 3.68. The van der Waals surface area contributed by atoms with Crippen molar-refractivity contribution in [3.05, 3.63) is 23.0 Å². The van der Waals surface area contributed by atoms with Crippen LogP contribution in [0.5, 0.6) is 0 Å². The molecule has 3 N–H and O–H groups in total. The summed E-state index contributed by atoms with van der Waals surface area (Å²) >= 11 is 0. The van der Waals surface area contributed by atoms with Crippen molar-refractivity contribution in [3.8, 4) is 0 Å². The van der Waals surface area contributed by atoms with Gasteiger partial charge >= 0.3 is 7.60 Å². The van der Waals surface area contributed by atoms with Crippen LogP contribution >= 0.6 is 7.60 Å². The predicted octanol–water partition coefficient (Wildman–Crippen LogP) is 1.12. The van der Waals surface area contributed by atoms with E-state index in [2.05, 4.69) is 15.0 Å². The molecule has 1 saturated carbocycles. The molecule has 0 bridgehead atoms. The molecule has 120 valence electrons. The molecule has 0 aromatic carbocycles. The van der Waals surface area contributed by atoms with Gasteiger partial charge < -0.3 is 19.3 Å². The quantitative estimate of drug-likeness (QED) is 0.722.